The second kappa shape index (κ2) is 5.57. The number of benzene rings is 2. The predicted molar refractivity (Wildman–Crippen MR) is 83.3 cm³/mol. The van der Waals surface area contributed by atoms with E-state index in [1.54, 1.807) is 23.9 Å². The van der Waals surface area contributed by atoms with Crippen LogP contribution in [0.2, 0.25) is 0 Å². The van der Waals surface area contributed by atoms with Crippen molar-refractivity contribution in [2.75, 3.05) is 23.9 Å². The van der Waals surface area contributed by atoms with E-state index in [-0.39, 0.29) is 12.5 Å². The number of hydrogen-bond acceptors (Lipinski definition) is 5. The molecule has 5 nitrogen and oxygen atoms in total. The minimum absolute atomic E-state index is 0.00277. The zero-order valence-electron chi connectivity index (χ0n) is 11.4. The van der Waals surface area contributed by atoms with Crippen LogP contribution < -0.4 is 20.5 Å². The first kappa shape index (κ1) is 13.6. The molecular formula is C15H14N2O3S. The first-order valence-electron chi connectivity index (χ1n) is 6.34. The predicted octanol–water partition coefficient (Wildman–Crippen LogP) is 3.11. The van der Waals surface area contributed by atoms with E-state index in [2.05, 4.69) is 5.32 Å². The van der Waals surface area contributed by atoms with Crippen molar-refractivity contribution >= 4 is 29.0 Å². The molecule has 2 aromatic rings. The van der Waals surface area contributed by atoms with Gasteiger partial charge in [-0.15, -0.1) is 11.8 Å². The van der Waals surface area contributed by atoms with Crippen molar-refractivity contribution < 1.29 is 14.3 Å². The summed E-state index contributed by atoms with van der Waals surface area (Å²) in [5.41, 5.74) is 6.98. The van der Waals surface area contributed by atoms with Gasteiger partial charge in [-0.25, -0.2) is 0 Å². The molecule has 1 aliphatic heterocycles. The highest BCUT2D eigenvalue weighted by atomic mass is 32.2. The number of nitrogens with one attached hydrogen (secondary N) is 1. The summed E-state index contributed by atoms with van der Waals surface area (Å²) in [7, 11) is 0. The molecule has 0 saturated carbocycles. The summed E-state index contributed by atoms with van der Waals surface area (Å²) < 4.78 is 11.1. The maximum atomic E-state index is 11.3. The third-order valence-electron chi connectivity index (χ3n) is 3.03. The largest absolute Gasteiger partial charge is 0.481 e. The van der Waals surface area contributed by atoms with Crippen molar-refractivity contribution in [2.24, 2.45) is 0 Å². The minimum Gasteiger partial charge on any atom is -0.481 e. The van der Waals surface area contributed by atoms with Crippen molar-refractivity contribution in [1.29, 1.82) is 0 Å². The van der Waals surface area contributed by atoms with Crippen LogP contribution in [0, 0.1) is 0 Å². The Bertz CT molecular complexity index is 686. The number of hydrogen-bond donors (Lipinski definition) is 2. The second-order valence-electron chi connectivity index (χ2n) is 4.50. The van der Waals surface area contributed by atoms with Gasteiger partial charge in [0.15, 0.2) is 12.4 Å². The Morgan fingerprint density at radius 3 is 2.76 bits per heavy atom. The zero-order chi connectivity index (χ0) is 14.8. The number of carbonyl (C=O) groups excluding carboxylic acids is 1. The monoisotopic (exact) mass is 302 g/mol. The van der Waals surface area contributed by atoms with Gasteiger partial charge in [-0.2, -0.15) is 0 Å². The average Bonchev–Trinajstić information content (AvgIpc) is 2.49. The van der Waals surface area contributed by atoms with E-state index < -0.39 is 0 Å². The molecule has 108 valence electrons. The molecule has 0 saturated heterocycles. The van der Waals surface area contributed by atoms with E-state index in [1.165, 1.54) is 0 Å². The number of nitrogen functional groups attached to an aromatic ring is 1. The highest BCUT2D eigenvalue weighted by Crippen LogP contribution is 2.38. The molecule has 2 aromatic carbocycles. The summed E-state index contributed by atoms with van der Waals surface area (Å²) in [5.74, 6) is 1.53. The fourth-order valence-corrected chi connectivity index (χ4v) is 2.39. The topological polar surface area (TPSA) is 73.6 Å². The lowest BCUT2D eigenvalue weighted by Gasteiger charge is -2.20. The van der Waals surface area contributed by atoms with Crippen LogP contribution in [-0.4, -0.2) is 18.8 Å². The fourth-order valence-electron chi connectivity index (χ4n) is 1.98. The van der Waals surface area contributed by atoms with Gasteiger partial charge < -0.3 is 20.5 Å². The summed E-state index contributed by atoms with van der Waals surface area (Å²) in [6, 6.07) is 11.0. The third-order valence-corrected chi connectivity index (χ3v) is 3.78. The van der Waals surface area contributed by atoms with Crippen molar-refractivity contribution in [3.8, 4) is 17.2 Å². The molecule has 0 spiro atoms. The Kier molecular flexibility index (Phi) is 3.62. The number of rotatable bonds is 3. The summed E-state index contributed by atoms with van der Waals surface area (Å²) in [5, 5.41) is 2.73. The van der Waals surface area contributed by atoms with Crippen molar-refractivity contribution in [2.45, 2.75) is 4.90 Å². The molecule has 0 unspecified atom stereocenters. The molecule has 1 heterocycles. The number of carbonyl (C=O) groups is 1. The Morgan fingerprint density at radius 2 is 2.05 bits per heavy atom. The lowest BCUT2D eigenvalue weighted by Crippen LogP contribution is -2.25. The molecule has 21 heavy (non-hydrogen) atoms. The quantitative estimate of drug-likeness (QED) is 0.673. The molecule has 3 N–H and O–H groups in total. The summed E-state index contributed by atoms with van der Waals surface area (Å²) in [4.78, 5) is 12.5. The molecule has 0 fully saturated rings. The highest BCUT2D eigenvalue weighted by molar-refractivity contribution is 7.98. The molecule has 6 heteroatoms. The molecule has 0 aliphatic carbocycles. The Labute approximate surface area is 126 Å². The van der Waals surface area contributed by atoms with Crippen LogP contribution in [0.15, 0.2) is 41.3 Å². The van der Waals surface area contributed by atoms with Crippen LogP contribution in [-0.2, 0) is 4.79 Å². The third kappa shape index (κ3) is 2.90. The molecule has 1 amide bonds. The zero-order valence-corrected chi connectivity index (χ0v) is 12.2. The van der Waals surface area contributed by atoms with Gasteiger partial charge in [0.05, 0.1) is 11.4 Å². The van der Waals surface area contributed by atoms with Crippen molar-refractivity contribution in [3.05, 3.63) is 36.4 Å². The first-order chi connectivity index (χ1) is 10.2. The van der Waals surface area contributed by atoms with E-state index in [1.807, 2.05) is 30.5 Å². The number of thioether (sulfide) groups is 1. The number of anilines is 2. The second-order valence-corrected chi connectivity index (χ2v) is 5.38. The average molecular weight is 302 g/mol. The molecule has 0 atom stereocenters. The summed E-state index contributed by atoms with van der Waals surface area (Å²) in [6.07, 6.45) is 2.01. The lowest BCUT2D eigenvalue weighted by atomic mass is 10.2. The lowest BCUT2D eigenvalue weighted by molar-refractivity contribution is -0.118. The van der Waals surface area contributed by atoms with Crippen LogP contribution >= 0.6 is 11.8 Å². The number of nitrogens with two attached hydrogens (primary N) is 1. The van der Waals surface area contributed by atoms with E-state index >= 15 is 0 Å². The summed E-state index contributed by atoms with van der Waals surface area (Å²) >= 11 is 1.66. The molecule has 0 aromatic heterocycles. The van der Waals surface area contributed by atoms with Gasteiger partial charge in [0.1, 0.15) is 11.5 Å². The maximum absolute atomic E-state index is 11.3. The fraction of sp³-hybridized carbons (Fsp3) is 0.133. The van der Waals surface area contributed by atoms with Crippen LogP contribution in [0.3, 0.4) is 0 Å². The molecule has 0 bridgehead atoms. The Morgan fingerprint density at radius 1 is 1.29 bits per heavy atom. The van der Waals surface area contributed by atoms with Crippen LogP contribution in [0.1, 0.15) is 0 Å². The van der Waals surface area contributed by atoms with E-state index in [4.69, 9.17) is 15.2 Å². The maximum Gasteiger partial charge on any atom is 0.262 e. The van der Waals surface area contributed by atoms with Gasteiger partial charge >= 0.3 is 0 Å². The number of amides is 1. The van der Waals surface area contributed by atoms with Gasteiger partial charge in [-0.1, -0.05) is 0 Å². The van der Waals surface area contributed by atoms with Gasteiger partial charge in [-0.05, 0) is 30.5 Å². The molecular weight excluding hydrogens is 288 g/mol. The Balaban J connectivity index is 1.87. The smallest absolute Gasteiger partial charge is 0.262 e. The molecule has 3 rings (SSSR count). The highest BCUT2D eigenvalue weighted by Gasteiger charge is 2.18. The minimum atomic E-state index is -0.192. The molecule has 0 radical (unpaired) electrons. The van der Waals surface area contributed by atoms with E-state index in [0.29, 0.717) is 28.6 Å². The van der Waals surface area contributed by atoms with Gasteiger partial charge in [0.2, 0.25) is 0 Å². The first-order valence-corrected chi connectivity index (χ1v) is 7.56. The number of fused-ring (bicyclic) bond motifs is 1. The Hall–Kier alpha value is -2.34. The number of ether oxygens (including phenoxy) is 2. The van der Waals surface area contributed by atoms with Crippen molar-refractivity contribution in [1.82, 2.24) is 0 Å². The standard InChI is InChI=1S/C15H14N2O3S/c1-21-10-4-2-9(3-5-10)20-13-7-12-14(6-11(13)16)19-8-15(18)17-12/h2-7H,8,16H2,1H3,(H,17,18). The van der Waals surface area contributed by atoms with Crippen LogP contribution in [0.4, 0.5) is 11.4 Å². The van der Waals surface area contributed by atoms with Gasteiger partial charge in [0.25, 0.3) is 5.91 Å². The van der Waals surface area contributed by atoms with Gasteiger partial charge in [-0.3, -0.25) is 4.79 Å². The van der Waals surface area contributed by atoms with Crippen LogP contribution in [0.5, 0.6) is 17.2 Å². The molecule has 1 aliphatic rings. The SMILES string of the molecule is CSc1ccc(Oc2cc3c(cc2N)OCC(=O)N3)cc1. The van der Waals surface area contributed by atoms with E-state index in [0.717, 1.165) is 4.90 Å². The normalized spacial score (nSPS) is 13.1. The summed E-state index contributed by atoms with van der Waals surface area (Å²) in [6.45, 7) is 0.00277. The van der Waals surface area contributed by atoms with Crippen molar-refractivity contribution in [3.63, 3.8) is 0 Å². The van der Waals surface area contributed by atoms with Crippen LogP contribution in [0.25, 0.3) is 0 Å². The van der Waals surface area contributed by atoms with Gasteiger partial charge in [0, 0.05) is 17.0 Å². The van der Waals surface area contributed by atoms with E-state index in [9.17, 15) is 4.79 Å².